The largest absolute Gasteiger partial charge is 0.493 e. The van der Waals surface area contributed by atoms with Crippen molar-refractivity contribution >= 4 is 15.9 Å². The average molecular weight is 344 g/mol. The third-order valence-electron chi connectivity index (χ3n) is 3.79. The lowest BCUT2D eigenvalue weighted by Crippen LogP contribution is -2.38. The SMILES string of the molecule is COc1cc(CN)cc(Br)c1OCC1(O)CCCCC1. The molecule has 0 unspecified atom stereocenters. The fraction of sp³-hybridized carbons (Fsp3) is 0.600. The molecule has 0 aliphatic heterocycles. The van der Waals surface area contributed by atoms with Gasteiger partial charge in [0.1, 0.15) is 6.61 Å². The summed E-state index contributed by atoms with van der Waals surface area (Å²) >= 11 is 3.48. The van der Waals surface area contributed by atoms with Crippen molar-refractivity contribution in [1.29, 1.82) is 0 Å². The van der Waals surface area contributed by atoms with Gasteiger partial charge in [-0.15, -0.1) is 0 Å². The Bertz CT molecular complexity index is 459. The first kappa shape index (κ1) is 15.6. The molecule has 1 fully saturated rings. The highest BCUT2D eigenvalue weighted by Gasteiger charge is 2.30. The molecule has 0 amide bonds. The average Bonchev–Trinajstić information content (AvgIpc) is 2.46. The molecule has 3 N–H and O–H groups in total. The van der Waals surface area contributed by atoms with Crippen molar-refractivity contribution in [1.82, 2.24) is 0 Å². The highest BCUT2D eigenvalue weighted by Crippen LogP contribution is 2.38. The van der Waals surface area contributed by atoms with Gasteiger partial charge in [0, 0.05) is 6.54 Å². The van der Waals surface area contributed by atoms with Crippen molar-refractivity contribution in [2.75, 3.05) is 13.7 Å². The predicted molar refractivity (Wildman–Crippen MR) is 82.1 cm³/mol. The number of methoxy groups -OCH3 is 1. The highest BCUT2D eigenvalue weighted by molar-refractivity contribution is 9.10. The van der Waals surface area contributed by atoms with Crippen LogP contribution in [0.25, 0.3) is 0 Å². The lowest BCUT2D eigenvalue weighted by atomic mass is 9.85. The molecule has 4 nitrogen and oxygen atoms in total. The van der Waals surface area contributed by atoms with Crippen molar-refractivity contribution in [3.05, 3.63) is 22.2 Å². The minimum Gasteiger partial charge on any atom is -0.493 e. The maximum atomic E-state index is 10.5. The van der Waals surface area contributed by atoms with Crippen LogP contribution in [0.4, 0.5) is 0 Å². The van der Waals surface area contributed by atoms with Crippen LogP contribution in [-0.4, -0.2) is 24.4 Å². The molecule has 1 saturated carbocycles. The molecule has 1 aliphatic rings. The van der Waals surface area contributed by atoms with E-state index in [0.29, 0.717) is 24.7 Å². The van der Waals surface area contributed by atoms with Gasteiger partial charge in [-0.05, 0) is 46.5 Å². The Labute approximate surface area is 128 Å². The molecule has 1 aromatic carbocycles. The molecule has 2 rings (SSSR count). The van der Waals surface area contributed by atoms with E-state index in [0.717, 1.165) is 35.7 Å². The van der Waals surface area contributed by atoms with E-state index in [2.05, 4.69) is 15.9 Å². The van der Waals surface area contributed by atoms with E-state index in [4.69, 9.17) is 15.2 Å². The Morgan fingerprint density at radius 3 is 2.60 bits per heavy atom. The van der Waals surface area contributed by atoms with E-state index in [1.807, 2.05) is 12.1 Å². The number of aliphatic hydroxyl groups is 1. The summed E-state index contributed by atoms with van der Waals surface area (Å²) in [7, 11) is 1.60. The minimum atomic E-state index is -0.713. The third-order valence-corrected chi connectivity index (χ3v) is 4.38. The van der Waals surface area contributed by atoms with Crippen LogP contribution in [-0.2, 0) is 6.54 Å². The Morgan fingerprint density at radius 2 is 2.00 bits per heavy atom. The summed E-state index contributed by atoms with van der Waals surface area (Å²) in [5.41, 5.74) is 5.90. The van der Waals surface area contributed by atoms with Crippen LogP contribution in [0.1, 0.15) is 37.7 Å². The molecule has 0 radical (unpaired) electrons. The lowest BCUT2D eigenvalue weighted by Gasteiger charge is -2.32. The molecule has 0 heterocycles. The summed E-state index contributed by atoms with van der Waals surface area (Å²) in [6.07, 6.45) is 4.91. The molecular formula is C15H22BrNO3. The number of nitrogens with two attached hydrogens (primary N) is 1. The molecular weight excluding hydrogens is 322 g/mol. The van der Waals surface area contributed by atoms with E-state index in [-0.39, 0.29) is 0 Å². The van der Waals surface area contributed by atoms with E-state index >= 15 is 0 Å². The maximum absolute atomic E-state index is 10.5. The van der Waals surface area contributed by atoms with Crippen LogP contribution in [0.15, 0.2) is 16.6 Å². The van der Waals surface area contributed by atoms with Crippen molar-refractivity contribution in [3.8, 4) is 11.5 Å². The summed E-state index contributed by atoms with van der Waals surface area (Å²) in [5, 5.41) is 10.5. The van der Waals surface area contributed by atoms with E-state index in [1.54, 1.807) is 7.11 Å². The zero-order valence-electron chi connectivity index (χ0n) is 11.8. The van der Waals surface area contributed by atoms with Crippen LogP contribution < -0.4 is 15.2 Å². The van der Waals surface area contributed by atoms with Crippen molar-refractivity contribution in [3.63, 3.8) is 0 Å². The van der Waals surface area contributed by atoms with Gasteiger partial charge in [0.2, 0.25) is 0 Å². The fourth-order valence-corrected chi connectivity index (χ4v) is 3.20. The van der Waals surface area contributed by atoms with E-state index < -0.39 is 5.60 Å². The summed E-state index contributed by atoms with van der Waals surface area (Å²) in [5.74, 6) is 1.27. The first-order chi connectivity index (χ1) is 9.58. The number of hydrogen-bond donors (Lipinski definition) is 2. The Hall–Kier alpha value is -0.780. The van der Waals surface area contributed by atoms with Crippen molar-refractivity contribution in [2.24, 2.45) is 5.73 Å². The van der Waals surface area contributed by atoms with Gasteiger partial charge < -0.3 is 20.3 Å². The lowest BCUT2D eigenvalue weighted by molar-refractivity contribution is -0.0345. The molecule has 5 heteroatoms. The molecule has 1 aliphatic carbocycles. The van der Waals surface area contributed by atoms with Crippen molar-refractivity contribution in [2.45, 2.75) is 44.2 Å². The molecule has 0 bridgehead atoms. The van der Waals surface area contributed by atoms with Gasteiger partial charge in [-0.1, -0.05) is 19.3 Å². The standard InChI is InChI=1S/C15H22BrNO3/c1-19-13-8-11(9-17)7-12(16)14(13)20-10-15(18)5-3-2-4-6-15/h7-8,18H,2-6,9-10,17H2,1H3. The zero-order chi connectivity index (χ0) is 14.6. The van der Waals surface area contributed by atoms with Gasteiger partial charge in [0.15, 0.2) is 11.5 Å². The molecule has 0 aromatic heterocycles. The minimum absolute atomic E-state index is 0.296. The third kappa shape index (κ3) is 3.65. The number of benzene rings is 1. The first-order valence-corrected chi connectivity index (χ1v) is 7.79. The summed E-state index contributed by atoms with van der Waals surface area (Å²) < 4.78 is 12.0. The second kappa shape index (κ2) is 6.78. The van der Waals surface area contributed by atoms with Crippen molar-refractivity contribution < 1.29 is 14.6 Å². The zero-order valence-corrected chi connectivity index (χ0v) is 13.4. The summed E-state index contributed by atoms with van der Waals surface area (Å²) in [4.78, 5) is 0. The normalized spacial score (nSPS) is 17.8. The number of ether oxygens (including phenoxy) is 2. The predicted octanol–water partition coefficient (Wildman–Crippen LogP) is 2.99. The number of hydrogen-bond acceptors (Lipinski definition) is 4. The van der Waals surface area contributed by atoms with Gasteiger partial charge in [-0.2, -0.15) is 0 Å². The smallest absolute Gasteiger partial charge is 0.175 e. The molecule has 0 saturated heterocycles. The second-order valence-electron chi connectivity index (χ2n) is 5.39. The number of rotatable bonds is 5. The Balaban J connectivity index is 2.12. The van der Waals surface area contributed by atoms with Crippen LogP contribution in [0.2, 0.25) is 0 Å². The van der Waals surface area contributed by atoms with Gasteiger partial charge in [0.05, 0.1) is 17.2 Å². The topological polar surface area (TPSA) is 64.7 Å². The van der Waals surface area contributed by atoms with Gasteiger partial charge >= 0.3 is 0 Å². The summed E-state index contributed by atoms with van der Waals surface area (Å²) in [6.45, 7) is 0.739. The Kier molecular flexibility index (Phi) is 5.29. The van der Waals surface area contributed by atoms with Gasteiger partial charge in [-0.25, -0.2) is 0 Å². The number of halogens is 1. The second-order valence-corrected chi connectivity index (χ2v) is 6.24. The van der Waals surface area contributed by atoms with Gasteiger partial charge in [0.25, 0.3) is 0 Å². The Morgan fingerprint density at radius 1 is 1.30 bits per heavy atom. The van der Waals surface area contributed by atoms with E-state index in [1.165, 1.54) is 6.42 Å². The molecule has 20 heavy (non-hydrogen) atoms. The fourth-order valence-electron chi connectivity index (χ4n) is 2.59. The monoisotopic (exact) mass is 343 g/mol. The molecule has 0 atom stereocenters. The van der Waals surface area contributed by atoms with E-state index in [9.17, 15) is 5.11 Å². The highest BCUT2D eigenvalue weighted by atomic mass is 79.9. The maximum Gasteiger partial charge on any atom is 0.175 e. The van der Waals surface area contributed by atoms with Crippen LogP contribution in [0.5, 0.6) is 11.5 Å². The molecule has 1 aromatic rings. The van der Waals surface area contributed by atoms with Crippen LogP contribution in [0, 0.1) is 0 Å². The van der Waals surface area contributed by atoms with Gasteiger partial charge in [-0.3, -0.25) is 0 Å². The van der Waals surface area contributed by atoms with Crippen LogP contribution in [0.3, 0.4) is 0 Å². The quantitative estimate of drug-likeness (QED) is 0.862. The summed E-state index contributed by atoms with van der Waals surface area (Å²) in [6, 6.07) is 3.79. The molecule has 112 valence electrons. The molecule has 0 spiro atoms. The van der Waals surface area contributed by atoms with Crippen LogP contribution >= 0.6 is 15.9 Å². The first-order valence-electron chi connectivity index (χ1n) is 6.99.